The molecule has 3 N–H and O–H groups in total. The van der Waals surface area contributed by atoms with Gasteiger partial charge in [0.25, 0.3) is 0 Å². The number of amides is 1. The minimum absolute atomic E-state index is 0. The molecular formula is C17H37Cl2N3O2. The predicted octanol–water partition coefficient (Wildman–Crippen LogP) is 2.60. The van der Waals surface area contributed by atoms with Gasteiger partial charge in [-0.05, 0) is 39.4 Å². The average molecular weight is 386 g/mol. The van der Waals surface area contributed by atoms with E-state index < -0.39 is 5.54 Å². The number of rotatable bonds is 10. The SMILES string of the molecule is CCOC1CC(N)(C(=O)NCCCCN(CC)CC)C1(C)C.Cl.Cl. The number of halogens is 2. The Morgan fingerprint density at radius 1 is 1.21 bits per heavy atom. The van der Waals surface area contributed by atoms with Gasteiger partial charge in [-0.3, -0.25) is 4.79 Å². The lowest BCUT2D eigenvalue weighted by Crippen LogP contribution is -2.75. The van der Waals surface area contributed by atoms with E-state index in [1.165, 1.54) is 0 Å². The molecule has 0 aromatic carbocycles. The Bertz CT molecular complexity index is 366. The molecule has 0 radical (unpaired) electrons. The number of ether oxygens (including phenoxy) is 1. The summed E-state index contributed by atoms with van der Waals surface area (Å²) < 4.78 is 5.67. The summed E-state index contributed by atoms with van der Waals surface area (Å²) in [6.45, 7) is 15.0. The molecule has 0 saturated heterocycles. The number of nitrogens with zero attached hydrogens (tertiary/aromatic N) is 1. The van der Waals surface area contributed by atoms with E-state index in [9.17, 15) is 4.79 Å². The number of hydrogen-bond donors (Lipinski definition) is 2. The third-order valence-electron chi connectivity index (χ3n) is 5.32. The van der Waals surface area contributed by atoms with Gasteiger partial charge in [-0.1, -0.05) is 27.7 Å². The van der Waals surface area contributed by atoms with Crippen molar-refractivity contribution in [3.05, 3.63) is 0 Å². The molecule has 0 heterocycles. The predicted molar refractivity (Wildman–Crippen MR) is 105 cm³/mol. The molecule has 2 unspecified atom stereocenters. The molecule has 0 spiro atoms. The topological polar surface area (TPSA) is 67.6 Å². The van der Waals surface area contributed by atoms with Crippen LogP contribution in [0.4, 0.5) is 0 Å². The van der Waals surface area contributed by atoms with Crippen LogP contribution in [0.3, 0.4) is 0 Å². The summed E-state index contributed by atoms with van der Waals surface area (Å²) in [7, 11) is 0. The molecular weight excluding hydrogens is 349 g/mol. The summed E-state index contributed by atoms with van der Waals surface area (Å²) in [5, 5.41) is 3.02. The highest BCUT2D eigenvalue weighted by molar-refractivity contribution is 5.88. The average Bonchev–Trinajstić information content (AvgIpc) is 2.50. The summed E-state index contributed by atoms with van der Waals surface area (Å²) >= 11 is 0. The zero-order valence-electron chi connectivity index (χ0n) is 15.9. The fraction of sp³-hybridized carbons (Fsp3) is 0.941. The van der Waals surface area contributed by atoms with Crippen LogP contribution in [0.1, 0.15) is 53.9 Å². The van der Waals surface area contributed by atoms with Crippen LogP contribution in [0, 0.1) is 5.41 Å². The maximum Gasteiger partial charge on any atom is 0.240 e. The van der Waals surface area contributed by atoms with E-state index in [-0.39, 0.29) is 42.2 Å². The van der Waals surface area contributed by atoms with Crippen LogP contribution in [0.15, 0.2) is 0 Å². The van der Waals surface area contributed by atoms with Crippen LogP contribution in [0.25, 0.3) is 0 Å². The number of carbonyl (C=O) groups excluding carboxylic acids is 1. The molecule has 0 aliphatic heterocycles. The molecule has 5 nitrogen and oxygen atoms in total. The van der Waals surface area contributed by atoms with Crippen molar-refractivity contribution in [2.75, 3.05) is 32.8 Å². The minimum Gasteiger partial charge on any atom is -0.378 e. The van der Waals surface area contributed by atoms with Gasteiger partial charge < -0.3 is 20.7 Å². The summed E-state index contributed by atoms with van der Waals surface area (Å²) in [5.41, 5.74) is 5.24. The molecule has 0 aromatic heterocycles. The second-order valence-electron chi connectivity index (χ2n) is 6.83. The molecule has 1 amide bonds. The molecule has 146 valence electrons. The largest absolute Gasteiger partial charge is 0.378 e. The third-order valence-corrected chi connectivity index (χ3v) is 5.32. The van der Waals surface area contributed by atoms with Crippen molar-refractivity contribution in [1.29, 1.82) is 0 Å². The summed E-state index contributed by atoms with van der Waals surface area (Å²) in [4.78, 5) is 14.8. The van der Waals surface area contributed by atoms with Crippen molar-refractivity contribution in [2.45, 2.75) is 65.5 Å². The Hall–Kier alpha value is -0.0700. The monoisotopic (exact) mass is 385 g/mol. The van der Waals surface area contributed by atoms with Crippen molar-refractivity contribution in [2.24, 2.45) is 11.1 Å². The smallest absolute Gasteiger partial charge is 0.240 e. The van der Waals surface area contributed by atoms with Gasteiger partial charge in [0.15, 0.2) is 0 Å². The summed E-state index contributed by atoms with van der Waals surface area (Å²) in [6, 6.07) is 0. The maximum atomic E-state index is 12.4. The Kier molecular flexibility index (Phi) is 12.6. The van der Waals surface area contributed by atoms with E-state index in [4.69, 9.17) is 10.5 Å². The van der Waals surface area contributed by atoms with Gasteiger partial charge >= 0.3 is 0 Å². The molecule has 1 aliphatic rings. The Labute approximate surface area is 160 Å². The lowest BCUT2D eigenvalue weighted by molar-refractivity contribution is -0.170. The van der Waals surface area contributed by atoms with E-state index in [1.54, 1.807) is 0 Å². The molecule has 1 aliphatic carbocycles. The molecule has 2 atom stereocenters. The summed E-state index contributed by atoms with van der Waals surface area (Å²) in [6.07, 6.45) is 2.79. The first kappa shape index (κ1) is 26.2. The summed E-state index contributed by atoms with van der Waals surface area (Å²) in [5.74, 6) is -0.0312. The fourth-order valence-electron chi connectivity index (χ4n) is 3.18. The van der Waals surface area contributed by atoms with Gasteiger partial charge in [0.05, 0.1) is 6.10 Å². The molecule has 1 saturated carbocycles. The lowest BCUT2D eigenvalue weighted by Gasteiger charge is -2.57. The number of nitrogens with one attached hydrogen (secondary N) is 1. The van der Waals surface area contributed by atoms with E-state index >= 15 is 0 Å². The normalized spacial score (nSPS) is 24.5. The number of nitrogens with two attached hydrogens (primary N) is 1. The molecule has 24 heavy (non-hydrogen) atoms. The first-order valence-corrected chi connectivity index (χ1v) is 8.74. The molecule has 1 fully saturated rings. The number of unbranched alkanes of at least 4 members (excludes halogenated alkanes) is 1. The van der Waals surface area contributed by atoms with Crippen molar-refractivity contribution in [3.8, 4) is 0 Å². The van der Waals surface area contributed by atoms with E-state index in [1.807, 2.05) is 20.8 Å². The van der Waals surface area contributed by atoms with Crippen LogP contribution >= 0.6 is 24.8 Å². The number of hydrogen-bond acceptors (Lipinski definition) is 4. The maximum absolute atomic E-state index is 12.4. The van der Waals surface area contributed by atoms with Crippen molar-refractivity contribution in [3.63, 3.8) is 0 Å². The van der Waals surface area contributed by atoms with Gasteiger partial charge in [-0.25, -0.2) is 0 Å². The second kappa shape index (κ2) is 11.5. The first-order valence-electron chi connectivity index (χ1n) is 8.74. The molecule has 1 rings (SSSR count). The van der Waals surface area contributed by atoms with E-state index in [0.717, 1.165) is 32.5 Å². The third kappa shape index (κ3) is 5.73. The fourth-order valence-corrected chi connectivity index (χ4v) is 3.18. The van der Waals surface area contributed by atoms with Crippen LogP contribution in [-0.2, 0) is 9.53 Å². The van der Waals surface area contributed by atoms with Gasteiger partial charge in [-0.15, -0.1) is 24.8 Å². The van der Waals surface area contributed by atoms with Crippen LogP contribution in [0.5, 0.6) is 0 Å². The second-order valence-corrected chi connectivity index (χ2v) is 6.83. The Balaban J connectivity index is 0. The molecule has 0 aromatic rings. The molecule has 7 heteroatoms. The minimum atomic E-state index is -0.800. The Morgan fingerprint density at radius 3 is 2.25 bits per heavy atom. The van der Waals surface area contributed by atoms with Crippen molar-refractivity contribution < 1.29 is 9.53 Å². The van der Waals surface area contributed by atoms with Gasteiger partial charge in [0, 0.05) is 25.0 Å². The van der Waals surface area contributed by atoms with E-state index in [0.29, 0.717) is 19.6 Å². The van der Waals surface area contributed by atoms with Gasteiger partial charge in [-0.2, -0.15) is 0 Å². The first-order chi connectivity index (χ1) is 10.3. The lowest BCUT2D eigenvalue weighted by atomic mass is 9.54. The zero-order chi connectivity index (χ0) is 16.8. The zero-order valence-corrected chi connectivity index (χ0v) is 17.5. The van der Waals surface area contributed by atoms with Crippen LogP contribution in [-0.4, -0.2) is 55.2 Å². The van der Waals surface area contributed by atoms with Crippen LogP contribution < -0.4 is 11.1 Å². The molecule has 0 bridgehead atoms. The van der Waals surface area contributed by atoms with Crippen molar-refractivity contribution in [1.82, 2.24) is 10.2 Å². The van der Waals surface area contributed by atoms with E-state index in [2.05, 4.69) is 24.1 Å². The standard InChI is InChI=1S/C17H35N3O2.2ClH/c1-6-20(7-2)12-10-9-11-19-15(21)17(18)13-14(22-8-3)16(17,4)5;;/h14H,6-13,18H2,1-5H3,(H,19,21);2*1H. The van der Waals surface area contributed by atoms with Crippen molar-refractivity contribution >= 4 is 30.7 Å². The van der Waals surface area contributed by atoms with Crippen LogP contribution in [0.2, 0.25) is 0 Å². The highest BCUT2D eigenvalue weighted by Crippen LogP contribution is 2.49. The highest BCUT2D eigenvalue weighted by atomic mass is 35.5. The van der Waals surface area contributed by atoms with Gasteiger partial charge in [0.2, 0.25) is 5.91 Å². The quantitative estimate of drug-likeness (QED) is 0.567. The van der Waals surface area contributed by atoms with Gasteiger partial charge in [0.1, 0.15) is 5.54 Å². The Morgan fingerprint density at radius 2 is 1.79 bits per heavy atom. The highest BCUT2D eigenvalue weighted by Gasteiger charge is 2.62. The number of carbonyl (C=O) groups is 1.